The van der Waals surface area contributed by atoms with Crippen LogP contribution in [-0.4, -0.2) is 21.6 Å². The Balaban J connectivity index is 1.44. The summed E-state index contributed by atoms with van der Waals surface area (Å²) in [4.78, 5) is 23.9. The average Bonchev–Trinajstić information content (AvgIpc) is 3.22. The highest BCUT2D eigenvalue weighted by molar-refractivity contribution is 6.31. The number of fused-ring (bicyclic) bond motifs is 1. The van der Waals surface area contributed by atoms with E-state index in [1.54, 1.807) is 24.3 Å². The summed E-state index contributed by atoms with van der Waals surface area (Å²) in [5.74, 6) is -1.04. The Labute approximate surface area is 232 Å². The van der Waals surface area contributed by atoms with Gasteiger partial charge in [-0.1, -0.05) is 84.4 Å². The molecule has 0 saturated carbocycles. The van der Waals surface area contributed by atoms with Gasteiger partial charge in [0.05, 0.1) is 11.6 Å². The number of amides is 1. The first-order valence-electron chi connectivity index (χ1n) is 12.9. The van der Waals surface area contributed by atoms with Crippen LogP contribution in [0, 0.1) is 6.92 Å². The van der Waals surface area contributed by atoms with Gasteiger partial charge in [-0.3, -0.25) is 4.79 Å². The fourth-order valence-corrected chi connectivity index (χ4v) is 5.36. The van der Waals surface area contributed by atoms with Crippen molar-refractivity contribution in [3.63, 3.8) is 0 Å². The topological polar surface area (TPSA) is 71.3 Å². The van der Waals surface area contributed by atoms with Crippen molar-refractivity contribution in [2.45, 2.75) is 32.4 Å². The molecule has 0 aliphatic rings. The third-order valence-corrected chi connectivity index (χ3v) is 7.36. The SMILES string of the molecule is Cc1c(CCC(=O)NCc2ccc(C(=O)O)cc2)c2cc(Cl)ccc2n1C(c1ccccc1)c1ccccc1. The van der Waals surface area contributed by atoms with E-state index in [2.05, 4.69) is 71.4 Å². The molecule has 1 heterocycles. The van der Waals surface area contributed by atoms with E-state index < -0.39 is 5.97 Å². The first-order valence-corrected chi connectivity index (χ1v) is 13.3. The lowest BCUT2D eigenvalue weighted by Crippen LogP contribution is -2.23. The Kier molecular flexibility index (Phi) is 7.80. The predicted octanol–water partition coefficient (Wildman–Crippen LogP) is 7.19. The molecule has 6 heteroatoms. The molecule has 0 fully saturated rings. The molecule has 5 rings (SSSR count). The number of benzene rings is 4. The van der Waals surface area contributed by atoms with Crippen molar-refractivity contribution in [1.29, 1.82) is 0 Å². The monoisotopic (exact) mass is 536 g/mol. The van der Waals surface area contributed by atoms with Crippen molar-refractivity contribution in [3.05, 3.63) is 142 Å². The number of hydrogen-bond acceptors (Lipinski definition) is 2. The van der Waals surface area contributed by atoms with E-state index in [4.69, 9.17) is 16.7 Å². The molecule has 0 radical (unpaired) electrons. The second-order valence-corrected chi connectivity index (χ2v) is 10.0. The van der Waals surface area contributed by atoms with Crippen molar-refractivity contribution in [2.24, 2.45) is 0 Å². The third-order valence-electron chi connectivity index (χ3n) is 7.12. The lowest BCUT2D eigenvalue weighted by molar-refractivity contribution is -0.121. The lowest BCUT2D eigenvalue weighted by atomic mass is 9.98. The highest BCUT2D eigenvalue weighted by Gasteiger charge is 2.24. The van der Waals surface area contributed by atoms with Gasteiger partial charge in [0.25, 0.3) is 0 Å². The number of carbonyl (C=O) groups is 2. The zero-order valence-electron chi connectivity index (χ0n) is 21.6. The van der Waals surface area contributed by atoms with Crippen molar-refractivity contribution in [1.82, 2.24) is 9.88 Å². The molecular weight excluding hydrogens is 508 g/mol. The molecule has 0 atom stereocenters. The minimum absolute atomic E-state index is 0.0348. The van der Waals surface area contributed by atoms with Gasteiger partial charge in [-0.25, -0.2) is 4.79 Å². The van der Waals surface area contributed by atoms with Crippen LogP contribution in [0.1, 0.15) is 50.8 Å². The number of hydrogen-bond donors (Lipinski definition) is 2. The Morgan fingerprint density at radius 3 is 2.08 bits per heavy atom. The summed E-state index contributed by atoms with van der Waals surface area (Å²) in [5, 5.41) is 13.7. The summed E-state index contributed by atoms with van der Waals surface area (Å²) in [6.07, 6.45) is 0.886. The second-order valence-electron chi connectivity index (χ2n) is 9.60. The number of aromatic nitrogens is 1. The zero-order valence-corrected chi connectivity index (χ0v) is 22.4. The zero-order chi connectivity index (χ0) is 27.4. The van der Waals surface area contributed by atoms with Crippen molar-refractivity contribution >= 4 is 34.4 Å². The lowest BCUT2D eigenvalue weighted by Gasteiger charge is -2.23. The Morgan fingerprint density at radius 2 is 1.49 bits per heavy atom. The molecule has 0 aliphatic carbocycles. The van der Waals surface area contributed by atoms with Crippen LogP contribution in [0.4, 0.5) is 0 Å². The fraction of sp³-hybridized carbons (Fsp3) is 0.152. The molecule has 1 amide bonds. The highest BCUT2D eigenvalue weighted by atomic mass is 35.5. The molecule has 5 aromatic rings. The number of aryl methyl sites for hydroxylation is 1. The van der Waals surface area contributed by atoms with Crippen molar-refractivity contribution < 1.29 is 14.7 Å². The van der Waals surface area contributed by atoms with E-state index in [1.165, 1.54) is 11.1 Å². The van der Waals surface area contributed by atoms with Crippen molar-refractivity contribution in [3.8, 4) is 0 Å². The van der Waals surface area contributed by atoms with Gasteiger partial charge in [0.1, 0.15) is 0 Å². The van der Waals surface area contributed by atoms with E-state index in [9.17, 15) is 9.59 Å². The molecule has 1 aromatic heterocycles. The van der Waals surface area contributed by atoms with E-state index in [0.29, 0.717) is 24.4 Å². The van der Waals surface area contributed by atoms with E-state index >= 15 is 0 Å². The van der Waals surface area contributed by atoms with Crippen LogP contribution in [0.3, 0.4) is 0 Å². The molecular formula is C33H29ClN2O3. The summed E-state index contributed by atoms with van der Waals surface area (Å²) in [6, 6.07) is 33.3. The number of halogens is 1. The third kappa shape index (κ3) is 5.74. The van der Waals surface area contributed by atoms with Gasteiger partial charge in [-0.2, -0.15) is 0 Å². The Morgan fingerprint density at radius 1 is 0.872 bits per heavy atom. The molecule has 196 valence electrons. The average molecular weight is 537 g/mol. The molecule has 2 N–H and O–H groups in total. The normalized spacial score (nSPS) is 11.2. The summed E-state index contributed by atoms with van der Waals surface area (Å²) in [6.45, 7) is 2.46. The standard InChI is InChI=1S/C33H29ClN2O3/c1-22-28(17-19-31(37)35-21-23-12-14-26(15-13-23)33(38)39)29-20-27(34)16-18-30(29)36(22)32(24-8-4-2-5-9-24)25-10-6-3-7-11-25/h2-16,18,20,32H,17,19,21H2,1H3,(H,35,37)(H,38,39). The molecule has 0 bridgehead atoms. The number of nitrogens with one attached hydrogen (secondary N) is 1. The van der Waals surface area contributed by atoms with Crippen LogP contribution in [-0.2, 0) is 17.8 Å². The van der Waals surface area contributed by atoms with Gasteiger partial charge in [0.2, 0.25) is 5.91 Å². The maximum Gasteiger partial charge on any atom is 0.335 e. The quantitative estimate of drug-likeness (QED) is 0.209. The maximum atomic E-state index is 12.8. The fourth-order valence-electron chi connectivity index (χ4n) is 5.18. The van der Waals surface area contributed by atoms with Gasteiger partial charge in [-0.05, 0) is 65.9 Å². The van der Waals surface area contributed by atoms with E-state index in [1.807, 2.05) is 24.3 Å². The smallest absolute Gasteiger partial charge is 0.335 e. The number of nitrogens with zero attached hydrogens (tertiary/aromatic N) is 1. The first-order chi connectivity index (χ1) is 18.9. The molecule has 0 spiro atoms. The summed E-state index contributed by atoms with van der Waals surface area (Å²) >= 11 is 6.45. The van der Waals surface area contributed by atoms with Gasteiger partial charge in [0.15, 0.2) is 0 Å². The Hall–Kier alpha value is -4.35. The number of carboxylic acid groups (broad SMARTS) is 1. The predicted molar refractivity (Wildman–Crippen MR) is 155 cm³/mol. The molecule has 39 heavy (non-hydrogen) atoms. The minimum atomic E-state index is -0.970. The van der Waals surface area contributed by atoms with Gasteiger partial charge < -0.3 is 15.0 Å². The van der Waals surface area contributed by atoms with Gasteiger partial charge in [0, 0.05) is 34.6 Å². The summed E-state index contributed by atoms with van der Waals surface area (Å²) in [5.41, 5.74) is 6.70. The van der Waals surface area contributed by atoms with Crippen LogP contribution in [0.25, 0.3) is 10.9 Å². The van der Waals surface area contributed by atoms with Crippen LogP contribution in [0.15, 0.2) is 103 Å². The Bertz CT molecular complexity index is 1570. The van der Waals surface area contributed by atoms with E-state index in [-0.39, 0.29) is 17.5 Å². The van der Waals surface area contributed by atoms with Crippen LogP contribution >= 0.6 is 11.6 Å². The van der Waals surface area contributed by atoms with Gasteiger partial charge >= 0.3 is 5.97 Å². The van der Waals surface area contributed by atoms with Gasteiger partial charge in [-0.15, -0.1) is 0 Å². The molecule has 5 nitrogen and oxygen atoms in total. The summed E-state index contributed by atoms with van der Waals surface area (Å²) in [7, 11) is 0. The molecule has 4 aromatic carbocycles. The molecule has 0 saturated heterocycles. The number of carbonyl (C=O) groups excluding carboxylic acids is 1. The van der Waals surface area contributed by atoms with Crippen LogP contribution in [0.5, 0.6) is 0 Å². The number of aromatic carboxylic acids is 1. The largest absolute Gasteiger partial charge is 0.478 e. The minimum Gasteiger partial charge on any atom is -0.478 e. The second kappa shape index (κ2) is 11.6. The van der Waals surface area contributed by atoms with Crippen LogP contribution in [0.2, 0.25) is 5.02 Å². The number of carboxylic acids is 1. The summed E-state index contributed by atoms with van der Waals surface area (Å²) < 4.78 is 2.35. The highest BCUT2D eigenvalue weighted by Crippen LogP contribution is 2.37. The van der Waals surface area contributed by atoms with Crippen LogP contribution < -0.4 is 5.32 Å². The first kappa shape index (κ1) is 26.3. The molecule has 0 unspecified atom stereocenters. The molecule has 0 aliphatic heterocycles. The van der Waals surface area contributed by atoms with Crippen molar-refractivity contribution in [2.75, 3.05) is 0 Å². The van der Waals surface area contributed by atoms with E-state index in [0.717, 1.165) is 27.7 Å². The number of rotatable bonds is 9. The maximum absolute atomic E-state index is 12.8.